The number of nitriles is 1. The summed E-state index contributed by atoms with van der Waals surface area (Å²) < 4.78 is 13.7. The molecule has 6 nitrogen and oxygen atoms in total. The van der Waals surface area contributed by atoms with Crippen molar-refractivity contribution in [1.29, 1.82) is 5.26 Å². The number of anilines is 1. The molecule has 0 radical (unpaired) electrons. The van der Waals surface area contributed by atoms with Crippen LogP contribution in [0.4, 0.5) is 5.69 Å². The van der Waals surface area contributed by atoms with Gasteiger partial charge in [0.1, 0.15) is 13.2 Å². The van der Waals surface area contributed by atoms with Crippen LogP contribution in [0.15, 0.2) is 48.7 Å². The SMILES string of the molecule is N#Cc1ccc2ccn(CCCCN3CCCN(c4ccc5c(c4)OCCO5)CC3)c2c1. The first-order valence-corrected chi connectivity index (χ1v) is 11.7. The largest absolute Gasteiger partial charge is 0.486 e. The Kier molecular flexibility index (Phi) is 6.17. The molecule has 0 saturated carbocycles. The molecule has 0 N–H and O–H groups in total. The number of ether oxygens (including phenoxy) is 2. The standard InChI is InChI=1S/C26H30N4O2/c27-20-21-4-5-22-8-13-30(24(22)18-21)11-2-1-9-28-10-3-12-29(15-14-28)23-6-7-25-26(19-23)32-17-16-31-25/h4-8,13,18-19H,1-3,9-12,14-17H2. The van der Waals surface area contributed by atoms with Gasteiger partial charge in [0.25, 0.3) is 0 Å². The van der Waals surface area contributed by atoms with Crippen molar-refractivity contribution in [2.24, 2.45) is 0 Å². The van der Waals surface area contributed by atoms with E-state index in [0.717, 1.165) is 68.3 Å². The maximum absolute atomic E-state index is 9.17. The summed E-state index contributed by atoms with van der Waals surface area (Å²) in [7, 11) is 0. The van der Waals surface area contributed by atoms with Gasteiger partial charge in [0.15, 0.2) is 11.5 Å². The van der Waals surface area contributed by atoms with E-state index < -0.39 is 0 Å². The highest BCUT2D eigenvalue weighted by Gasteiger charge is 2.18. The molecule has 0 amide bonds. The number of unbranched alkanes of at least 4 members (excludes halogenated alkanes) is 1. The van der Waals surface area contributed by atoms with E-state index >= 15 is 0 Å². The Morgan fingerprint density at radius 1 is 0.844 bits per heavy atom. The molecule has 0 bridgehead atoms. The average molecular weight is 431 g/mol. The number of aromatic nitrogens is 1. The van der Waals surface area contributed by atoms with Crippen LogP contribution in [-0.2, 0) is 6.54 Å². The first-order chi connectivity index (χ1) is 15.8. The lowest BCUT2D eigenvalue weighted by atomic mass is 10.2. The van der Waals surface area contributed by atoms with Gasteiger partial charge in [-0.3, -0.25) is 0 Å². The van der Waals surface area contributed by atoms with Gasteiger partial charge in [-0.25, -0.2) is 0 Å². The number of fused-ring (bicyclic) bond motifs is 2. The zero-order valence-corrected chi connectivity index (χ0v) is 18.5. The fraction of sp³-hybridized carbons (Fsp3) is 0.423. The van der Waals surface area contributed by atoms with E-state index in [9.17, 15) is 5.26 Å². The Bertz CT molecular complexity index is 1120. The van der Waals surface area contributed by atoms with Gasteiger partial charge in [0, 0.05) is 49.6 Å². The highest BCUT2D eigenvalue weighted by atomic mass is 16.6. The quantitative estimate of drug-likeness (QED) is 0.547. The van der Waals surface area contributed by atoms with Crippen LogP contribution in [0.1, 0.15) is 24.8 Å². The molecule has 2 aromatic carbocycles. The van der Waals surface area contributed by atoms with Crippen LogP contribution in [0.5, 0.6) is 11.5 Å². The van der Waals surface area contributed by atoms with Crippen LogP contribution in [0, 0.1) is 11.3 Å². The number of rotatable bonds is 6. The molecule has 2 aliphatic heterocycles. The maximum Gasteiger partial charge on any atom is 0.163 e. The summed E-state index contributed by atoms with van der Waals surface area (Å²) in [6.45, 7) is 7.75. The van der Waals surface area contributed by atoms with E-state index in [4.69, 9.17) is 9.47 Å². The Labute approximate surface area is 189 Å². The van der Waals surface area contributed by atoms with Crippen molar-refractivity contribution in [3.05, 3.63) is 54.2 Å². The minimum absolute atomic E-state index is 0.628. The lowest BCUT2D eigenvalue weighted by Crippen LogP contribution is -2.31. The van der Waals surface area contributed by atoms with Crippen LogP contribution in [0.3, 0.4) is 0 Å². The molecule has 2 aliphatic rings. The zero-order valence-electron chi connectivity index (χ0n) is 18.5. The smallest absolute Gasteiger partial charge is 0.163 e. The van der Waals surface area contributed by atoms with E-state index in [0.29, 0.717) is 13.2 Å². The summed E-state index contributed by atoms with van der Waals surface area (Å²) in [6.07, 6.45) is 5.64. The van der Waals surface area contributed by atoms with Gasteiger partial charge in [0.2, 0.25) is 0 Å². The Balaban J connectivity index is 1.11. The summed E-state index contributed by atoms with van der Waals surface area (Å²) in [4.78, 5) is 5.07. The molecule has 6 heteroatoms. The second-order valence-corrected chi connectivity index (χ2v) is 8.61. The van der Waals surface area contributed by atoms with Crippen LogP contribution in [0.25, 0.3) is 10.9 Å². The molecule has 1 aromatic heterocycles. The molecule has 166 valence electrons. The van der Waals surface area contributed by atoms with Crippen molar-refractivity contribution in [2.45, 2.75) is 25.8 Å². The predicted molar refractivity (Wildman–Crippen MR) is 127 cm³/mol. The average Bonchev–Trinajstić information content (AvgIpc) is 3.09. The van der Waals surface area contributed by atoms with Crippen molar-refractivity contribution in [2.75, 3.05) is 50.8 Å². The van der Waals surface area contributed by atoms with Crippen molar-refractivity contribution in [1.82, 2.24) is 9.47 Å². The topological polar surface area (TPSA) is 53.7 Å². The fourth-order valence-electron chi connectivity index (χ4n) is 4.75. The van der Waals surface area contributed by atoms with Crippen molar-refractivity contribution in [3.63, 3.8) is 0 Å². The van der Waals surface area contributed by atoms with E-state index in [2.05, 4.69) is 44.8 Å². The van der Waals surface area contributed by atoms with Gasteiger partial charge in [-0.2, -0.15) is 5.26 Å². The lowest BCUT2D eigenvalue weighted by molar-refractivity contribution is 0.171. The molecule has 3 heterocycles. The first kappa shape index (κ1) is 20.7. The minimum atomic E-state index is 0.628. The fourth-order valence-corrected chi connectivity index (χ4v) is 4.75. The molecule has 5 rings (SSSR count). The molecule has 0 atom stereocenters. The minimum Gasteiger partial charge on any atom is -0.486 e. The number of hydrogen-bond acceptors (Lipinski definition) is 5. The van der Waals surface area contributed by atoms with E-state index in [-0.39, 0.29) is 0 Å². The normalized spacial score (nSPS) is 16.7. The summed E-state index contributed by atoms with van der Waals surface area (Å²) in [5.74, 6) is 1.73. The Morgan fingerprint density at radius 2 is 1.72 bits per heavy atom. The molecule has 0 unspecified atom stereocenters. The number of benzene rings is 2. The third kappa shape index (κ3) is 4.53. The highest BCUT2D eigenvalue weighted by molar-refractivity contribution is 5.81. The number of aryl methyl sites for hydroxylation is 1. The molecule has 0 spiro atoms. The van der Waals surface area contributed by atoms with Crippen LogP contribution in [-0.4, -0.2) is 55.4 Å². The first-order valence-electron chi connectivity index (χ1n) is 11.7. The number of hydrogen-bond donors (Lipinski definition) is 0. The molecule has 32 heavy (non-hydrogen) atoms. The predicted octanol–water partition coefficient (Wildman–Crippen LogP) is 4.28. The molecule has 1 fully saturated rings. The van der Waals surface area contributed by atoms with Gasteiger partial charge in [-0.05, 0) is 68.1 Å². The Hall–Kier alpha value is -3.17. The molecule has 3 aromatic rings. The van der Waals surface area contributed by atoms with Crippen LogP contribution < -0.4 is 14.4 Å². The summed E-state index contributed by atoms with van der Waals surface area (Å²) in [5.41, 5.74) is 3.12. The van der Waals surface area contributed by atoms with Crippen LogP contribution >= 0.6 is 0 Å². The molecular weight excluding hydrogens is 400 g/mol. The Morgan fingerprint density at radius 3 is 2.62 bits per heavy atom. The third-order valence-electron chi connectivity index (χ3n) is 6.51. The second kappa shape index (κ2) is 9.54. The second-order valence-electron chi connectivity index (χ2n) is 8.61. The maximum atomic E-state index is 9.17. The van der Waals surface area contributed by atoms with Gasteiger partial charge < -0.3 is 23.8 Å². The van der Waals surface area contributed by atoms with E-state index in [1.807, 2.05) is 24.3 Å². The van der Waals surface area contributed by atoms with Gasteiger partial charge in [0.05, 0.1) is 11.6 Å². The third-order valence-corrected chi connectivity index (χ3v) is 6.51. The molecule has 0 aliphatic carbocycles. The summed E-state index contributed by atoms with van der Waals surface area (Å²) in [5, 5.41) is 10.4. The van der Waals surface area contributed by atoms with Crippen molar-refractivity contribution < 1.29 is 9.47 Å². The highest BCUT2D eigenvalue weighted by Crippen LogP contribution is 2.34. The van der Waals surface area contributed by atoms with Gasteiger partial charge >= 0.3 is 0 Å². The summed E-state index contributed by atoms with van der Waals surface area (Å²) in [6, 6.07) is 16.6. The number of nitrogens with zero attached hydrogens (tertiary/aromatic N) is 4. The monoisotopic (exact) mass is 430 g/mol. The van der Waals surface area contributed by atoms with Crippen LogP contribution in [0.2, 0.25) is 0 Å². The van der Waals surface area contributed by atoms with Crippen molar-refractivity contribution in [3.8, 4) is 17.6 Å². The van der Waals surface area contributed by atoms with E-state index in [1.54, 1.807) is 0 Å². The lowest BCUT2D eigenvalue weighted by Gasteiger charge is -2.26. The van der Waals surface area contributed by atoms with E-state index in [1.165, 1.54) is 23.9 Å². The summed E-state index contributed by atoms with van der Waals surface area (Å²) >= 11 is 0. The molecular formula is C26H30N4O2. The van der Waals surface area contributed by atoms with Gasteiger partial charge in [-0.1, -0.05) is 6.07 Å². The van der Waals surface area contributed by atoms with Gasteiger partial charge in [-0.15, -0.1) is 0 Å². The zero-order chi connectivity index (χ0) is 21.8. The molecule has 1 saturated heterocycles. The van der Waals surface area contributed by atoms with Crippen molar-refractivity contribution >= 4 is 16.6 Å².